The summed E-state index contributed by atoms with van der Waals surface area (Å²) in [6.07, 6.45) is 0. The summed E-state index contributed by atoms with van der Waals surface area (Å²) in [5, 5.41) is 5.11. The number of methoxy groups -OCH3 is 1. The number of nitrogens with one attached hydrogen (secondary N) is 1. The predicted octanol–water partition coefficient (Wildman–Crippen LogP) is 2.78. The van der Waals surface area contributed by atoms with E-state index >= 15 is 0 Å². The second kappa shape index (κ2) is 5.75. The molecule has 100 valence electrons. The van der Waals surface area contributed by atoms with Gasteiger partial charge in [0.1, 0.15) is 5.75 Å². The number of amides is 1. The lowest BCUT2D eigenvalue weighted by Crippen LogP contribution is -2.09. The van der Waals surface area contributed by atoms with Gasteiger partial charge in [0.2, 0.25) is 5.91 Å². The number of carbonyl (C=O) groups is 1. The number of aryl methyl sites for hydroxylation is 1. The fraction of sp³-hybridized carbons (Fsp3) is 0.214. The van der Waals surface area contributed by atoms with E-state index in [1.807, 2.05) is 31.2 Å². The Morgan fingerprint density at radius 1 is 1.42 bits per heavy atom. The number of primary amides is 1. The number of hydrogen-bond donors (Lipinski definition) is 2. The summed E-state index contributed by atoms with van der Waals surface area (Å²) in [4.78, 5) is 12.1. The van der Waals surface area contributed by atoms with Gasteiger partial charge in [0, 0.05) is 22.5 Å². The van der Waals surface area contributed by atoms with Crippen molar-refractivity contribution in [2.75, 3.05) is 12.4 Å². The van der Waals surface area contributed by atoms with Gasteiger partial charge in [-0.2, -0.15) is 0 Å². The minimum atomic E-state index is -0.386. The lowest BCUT2D eigenvalue weighted by molar-refractivity contribution is 0.100. The Balaban J connectivity index is 2.03. The molecule has 5 heteroatoms. The monoisotopic (exact) mass is 276 g/mol. The first-order valence-electron chi connectivity index (χ1n) is 5.86. The van der Waals surface area contributed by atoms with Crippen LogP contribution in [0.3, 0.4) is 0 Å². The summed E-state index contributed by atoms with van der Waals surface area (Å²) in [5.74, 6) is 0.457. The van der Waals surface area contributed by atoms with Crippen molar-refractivity contribution < 1.29 is 9.53 Å². The van der Waals surface area contributed by atoms with Gasteiger partial charge in [-0.25, -0.2) is 0 Å². The maximum Gasteiger partial charge on any atom is 0.249 e. The van der Waals surface area contributed by atoms with Crippen LogP contribution < -0.4 is 15.8 Å². The van der Waals surface area contributed by atoms with E-state index < -0.39 is 0 Å². The van der Waals surface area contributed by atoms with Crippen molar-refractivity contribution in [2.45, 2.75) is 13.5 Å². The zero-order chi connectivity index (χ0) is 13.8. The minimum Gasteiger partial charge on any atom is -0.497 e. The van der Waals surface area contributed by atoms with E-state index in [-0.39, 0.29) is 5.91 Å². The Morgan fingerprint density at radius 3 is 2.79 bits per heavy atom. The van der Waals surface area contributed by atoms with Gasteiger partial charge in [0.15, 0.2) is 0 Å². The maximum absolute atomic E-state index is 11.0. The average Bonchev–Trinajstić information content (AvgIpc) is 2.86. The zero-order valence-corrected chi connectivity index (χ0v) is 11.7. The molecular weight excluding hydrogens is 260 g/mol. The minimum absolute atomic E-state index is 0.386. The molecule has 2 rings (SSSR count). The van der Waals surface area contributed by atoms with E-state index in [1.165, 1.54) is 11.3 Å². The van der Waals surface area contributed by atoms with Crippen molar-refractivity contribution in [3.63, 3.8) is 0 Å². The highest BCUT2D eigenvalue weighted by Crippen LogP contribution is 2.22. The van der Waals surface area contributed by atoms with Gasteiger partial charge < -0.3 is 15.8 Å². The number of hydrogen-bond acceptors (Lipinski definition) is 4. The molecule has 0 bridgehead atoms. The summed E-state index contributed by atoms with van der Waals surface area (Å²) in [6.45, 7) is 2.69. The maximum atomic E-state index is 11.0. The first-order valence-corrected chi connectivity index (χ1v) is 6.74. The molecule has 0 aliphatic heterocycles. The second-order valence-electron chi connectivity index (χ2n) is 4.20. The Labute approximate surface area is 116 Å². The molecule has 1 aromatic heterocycles. The summed E-state index contributed by atoms with van der Waals surface area (Å²) in [7, 11) is 1.65. The van der Waals surface area contributed by atoms with Crippen LogP contribution in [-0.2, 0) is 6.54 Å². The number of thiophene rings is 1. The van der Waals surface area contributed by atoms with Gasteiger partial charge >= 0.3 is 0 Å². The summed E-state index contributed by atoms with van der Waals surface area (Å²) in [6, 6.07) is 7.69. The van der Waals surface area contributed by atoms with E-state index in [0.717, 1.165) is 21.9 Å². The van der Waals surface area contributed by atoms with Crippen molar-refractivity contribution in [2.24, 2.45) is 5.73 Å². The molecule has 0 saturated heterocycles. The molecule has 1 aromatic carbocycles. The normalized spacial score (nSPS) is 10.2. The quantitative estimate of drug-likeness (QED) is 0.882. The van der Waals surface area contributed by atoms with Crippen LogP contribution in [0.25, 0.3) is 0 Å². The van der Waals surface area contributed by atoms with Crippen molar-refractivity contribution in [3.8, 4) is 5.75 Å². The van der Waals surface area contributed by atoms with Crippen molar-refractivity contribution in [1.29, 1.82) is 0 Å². The van der Waals surface area contributed by atoms with E-state index in [9.17, 15) is 4.79 Å². The van der Waals surface area contributed by atoms with Crippen LogP contribution in [0.4, 0.5) is 5.69 Å². The Morgan fingerprint density at radius 2 is 2.21 bits per heavy atom. The molecule has 0 atom stereocenters. The molecule has 19 heavy (non-hydrogen) atoms. The molecular formula is C14H16N2O2S. The standard InChI is InChI=1S/C14H16N2O2S/c1-9-5-11(18-2)3-4-13(9)16-7-12-6-10(8-19-12)14(15)17/h3-6,8,16H,7H2,1-2H3,(H2,15,17). The number of rotatable bonds is 5. The SMILES string of the molecule is COc1ccc(NCc2cc(C(N)=O)cs2)c(C)c1. The highest BCUT2D eigenvalue weighted by Gasteiger charge is 2.05. The van der Waals surface area contributed by atoms with Crippen LogP contribution in [-0.4, -0.2) is 13.0 Å². The molecule has 0 aliphatic carbocycles. The smallest absolute Gasteiger partial charge is 0.249 e. The molecule has 0 spiro atoms. The first-order chi connectivity index (χ1) is 9.10. The molecule has 0 radical (unpaired) electrons. The molecule has 4 nitrogen and oxygen atoms in total. The molecule has 0 saturated carbocycles. The highest BCUT2D eigenvalue weighted by atomic mass is 32.1. The molecule has 0 aliphatic rings. The number of ether oxygens (including phenoxy) is 1. The van der Waals surface area contributed by atoms with Gasteiger partial charge in [0.25, 0.3) is 0 Å². The Hall–Kier alpha value is -2.01. The fourth-order valence-electron chi connectivity index (χ4n) is 1.75. The first kappa shape index (κ1) is 13.4. The zero-order valence-electron chi connectivity index (χ0n) is 10.9. The summed E-state index contributed by atoms with van der Waals surface area (Å²) < 4.78 is 5.17. The lowest BCUT2D eigenvalue weighted by Gasteiger charge is -2.09. The van der Waals surface area contributed by atoms with Gasteiger partial charge in [-0.15, -0.1) is 11.3 Å². The van der Waals surface area contributed by atoms with Gasteiger partial charge in [0.05, 0.1) is 12.7 Å². The number of benzene rings is 1. The number of carbonyl (C=O) groups excluding carboxylic acids is 1. The molecule has 1 heterocycles. The molecule has 1 amide bonds. The van der Waals surface area contributed by atoms with Gasteiger partial charge in [-0.1, -0.05) is 0 Å². The lowest BCUT2D eigenvalue weighted by atomic mass is 10.2. The highest BCUT2D eigenvalue weighted by molar-refractivity contribution is 7.10. The summed E-state index contributed by atoms with van der Waals surface area (Å²) in [5.41, 5.74) is 7.95. The third-order valence-corrected chi connectivity index (χ3v) is 3.76. The Kier molecular flexibility index (Phi) is 4.06. The van der Waals surface area contributed by atoms with Gasteiger partial charge in [-0.3, -0.25) is 4.79 Å². The largest absolute Gasteiger partial charge is 0.497 e. The van der Waals surface area contributed by atoms with E-state index in [2.05, 4.69) is 5.32 Å². The molecule has 3 N–H and O–H groups in total. The van der Waals surface area contributed by atoms with Crippen molar-refractivity contribution >= 4 is 22.9 Å². The third-order valence-electron chi connectivity index (χ3n) is 2.82. The van der Waals surface area contributed by atoms with Crippen LogP contribution in [0.1, 0.15) is 20.8 Å². The third kappa shape index (κ3) is 3.26. The van der Waals surface area contributed by atoms with Crippen LogP contribution in [0.15, 0.2) is 29.6 Å². The van der Waals surface area contributed by atoms with E-state index in [0.29, 0.717) is 12.1 Å². The topological polar surface area (TPSA) is 64.3 Å². The second-order valence-corrected chi connectivity index (χ2v) is 5.20. The predicted molar refractivity (Wildman–Crippen MR) is 77.9 cm³/mol. The van der Waals surface area contributed by atoms with E-state index in [4.69, 9.17) is 10.5 Å². The number of anilines is 1. The fourth-order valence-corrected chi connectivity index (χ4v) is 2.56. The summed E-state index contributed by atoms with van der Waals surface area (Å²) >= 11 is 1.52. The van der Waals surface area contributed by atoms with Gasteiger partial charge in [-0.05, 0) is 36.8 Å². The van der Waals surface area contributed by atoms with Crippen LogP contribution in [0.5, 0.6) is 5.75 Å². The molecule has 2 aromatic rings. The van der Waals surface area contributed by atoms with Crippen LogP contribution >= 0.6 is 11.3 Å². The molecule has 0 unspecified atom stereocenters. The molecule has 0 fully saturated rings. The van der Waals surface area contributed by atoms with Crippen molar-refractivity contribution in [3.05, 3.63) is 45.6 Å². The van der Waals surface area contributed by atoms with Crippen LogP contribution in [0.2, 0.25) is 0 Å². The van der Waals surface area contributed by atoms with Crippen molar-refractivity contribution in [1.82, 2.24) is 0 Å². The average molecular weight is 276 g/mol. The number of nitrogens with two attached hydrogens (primary N) is 1. The van der Waals surface area contributed by atoms with Crippen LogP contribution in [0, 0.1) is 6.92 Å². The van der Waals surface area contributed by atoms with E-state index in [1.54, 1.807) is 12.5 Å². The Bertz CT molecular complexity index is 593.